The number of H-pyrrole nitrogens is 1. The van der Waals surface area contributed by atoms with Crippen LogP contribution in [0.5, 0.6) is 0 Å². The van der Waals surface area contributed by atoms with Crippen molar-refractivity contribution in [3.63, 3.8) is 0 Å². The van der Waals surface area contributed by atoms with E-state index in [2.05, 4.69) is 17.1 Å². The molecule has 1 saturated carbocycles. The fraction of sp³-hybridized carbons (Fsp3) is 0.500. The molecule has 21 heavy (non-hydrogen) atoms. The van der Waals surface area contributed by atoms with E-state index in [1.165, 1.54) is 12.8 Å². The lowest BCUT2D eigenvalue weighted by Crippen LogP contribution is -2.39. The summed E-state index contributed by atoms with van der Waals surface area (Å²) < 4.78 is 5.31. The lowest BCUT2D eigenvalue weighted by Gasteiger charge is -2.33. The first kappa shape index (κ1) is 13.9. The van der Waals surface area contributed by atoms with E-state index in [4.69, 9.17) is 4.42 Å². The highest BCUT2D eigenvalue weighted by molar-refractivity contribution is 5.93. The van der Waals surface area contributed by atoms with Crippen LogP contribution in [-0.4, -0.2) is 34.1 Å². The van der Waals surface area contributed by atoms with E-state index in [0.29, 0.717) is 17.5 Å². The second-order valence-electron chi connectivity index (χ2n) is 5.97. The molecule has 1 aliphatic carbocycles. The average Bonchev–Trinajstić information content (AvgIpc) is 3.17. The van der Waals surface area contributed by atoms with E-state index in [-0.39, 0.29) is 5.91 Å². The van der Waals surface area contributed by atoms with Crippen molar-refractivity contribution in [2.75, 3.05) is 7.05 Å². The molecule has 0 saturated heterocycles. The Bertz CT molecular complexity index is 595. The minimum Gasteiger partial charge on any atom is -0.463 e. The smallest absolute Gasteiger partial charge is 0.274 e. The molecule has 0 unspecified atom stereocenters. The lowest BCUT2D eigenvalue weighted by atomic mass is 9.86. The SMILES string of the molecule is CC1CCC(N(C)C(=O)c2cc(-c3ccco3)[nH]n2)CC1. The molecule has 5 heteroatoms. The maximum Gasteiger partial charge on any atom is 0.274 e. The molecule has 5 nitrogen and oxygen atoms in total. The number of hydrogen-bond donors (Lipinski definition) is 1. The van der Waals surface area contributed by atoms with Crippen molar-refractivity contribution >= 4 is 5.91 Å². The Labute approximate surface area is 124 Å². The van der Waals surface area contributed by atoms with Crippen molar-refractivity contribution in [1.29, 1.82) is 0 Å². The molecule has 2 aromatic heterocycles. The van der Waals surface area contributed by atoms with Crippen LogP contribution in [0.3, 0.4) is 0 Å². The number of amides is 1. The normalized spacial score (nSPS) is 22.2. The number of nitrogens with zero attached hydrogens (tertiary/aromatic N) is 2. The number of carbonyl (C=O) groups excluding carboxylic acids is 1. The van der Waals surface area contributed by atoms with Gasteiger partial charge in [0.15, 0.2) is 11.5 Å². The van der Waals surface area contributed by atoms with Gasteiger partial charge in [0, 0.05) is 19.2 Å². The van der Waals surface area contributed by atoms with E-state index in [0.717, 1.165) is 24.5 Å². The van der Waals surface area contributed by atoms with Gasteiger partial charge in [-0.3, -0.25) is 9.89 Å². The van der Waals surface area contributed by atoms with Crippen LogP contribution in [0.15, 0.2) is 28.9 Å². The quantitative estimate of drug-likeness (QED) is 0.942. The van der Waals surface area contributed by atoms with Gasteiger partial charge in [0.1, 0.15) is 5.69 Å². The molecule has 2 heterocycles. The van der Waals surface area contributed by atoms with E-state index < -0.39 is 0 Å². The monoisotopic (exact) mass is 287 g/mol. The Hall–Kier alpha value is -2.04. The first-order valence-electron chi connectivity index (χ1n) is 7.51. The molecule has 0 aromatic carbocycles. The molecule has 0 aliphatic heterocycles. The van der Waals surface area contributed by atoms with Crippen molar-refractivity contribution < 1.29 is 9.21 Å². The highest BCUT2D eigenvalue weighted by Crippen LogP contribution is 2.27. The van der Waals surface area contributed by atoms with Crippen molar-refractivity contribution in [1.82, 2.24) is 15.1 Å². The molecule has 2 aromatic rings. The summed E-state index contributed by atoms with van der Waals surface area (Å²) in [6, 6.07) is 5.74. The van der Waals surface area contributed by atoms with Crippen LogP contribution < -0.4 is 0 Å². The van der Waals surface area contributed by atoms with E-state index >= 15 is 0 Å². The Morgan fingerprint density at radius 1 is 1.38 bits per heavy atom. The van der Waals surface area contributed by atoms with Crippen LogP contribution in [0.4, 0.5) is 0 Å². The van der Waals surface area contributed by atoms with E-state index in [1.807, 2.05) is 24.1 Å². The number of nitrogens with one attached hydrogen (secondary N) is 1. The van der Waals surface area contributed by atoms with Gasteiger partial charge in [-0.25, -0.2) is 0 Å². The first-order chi connectivity index (χ1) is 10.1. The Kier molecular flexibility index (Phi) is 3.82. The predicted octanol–water partition coefficient (Wildman–Crippen LogP) is 3.32. The van der Waals surface area contributed by atoms with Gasteiger partial charge in [-0.05, 0) is 43.7 Å². The lowest BCUT2D eigenvalue weighted by molar-refractivity contribution is 0.0673. The third kappa shape index (κ3) is 2.86. The molecular weight excluding hydrogens is 266 g/mol. The topological polar surface area (TPSA) is 62.1 Å². The Morgan fingerprint density at radius 3 is 2.81 bits per heavy atom. The summed E-state index contributed by atoms with van der Waals surface area (Å²) >= 11 is 0. The summed E-state index contributed by atoms with van der Waals surface area (Å²) in [5.74, 6) is 1.44. The number of aromatic nitrogens is 2. The zero-order valence-corrected chi connectivity index (χ0v) is 12.5. The molecule has 112 valence electrons. The predicted molar refractivity (Wildman–Crippen MR) is 79.8 cm³/mol. The first-order valence-corrected chi connectivity index (χ1v) is 7.51. The number of hydrogen-bond acceptors (Lipinski definition) is 3. The van der Waals surface area contributed by atoms with Crippen molar-refractivity contribution in [3.05, 3.63) is 30.2 Å². The second kappa shape index (κ2) is 5.76. The maximum atomic E-state index is 12.5. The number of carbonyl (C=O) groups is 1. The summed E-state index contributed by atoms with van der Waals surface area (Å²) in [5, 5.41) is 6.99. The van der Waals surface area contributed by atoms with Crippen LogP contribution in [0.25, 0.3) is 11.5 Å². The number of furan rings is 1. The summed E-state index contributed by atoms with van der Waals surface area (Å²) in [4.78, 5) is 14.4. The molecule has 1 fully saturated rings. The molecule has 0 radical (unpaired) electrons. The van der Waals surface area contributed by atoms with Gasteiger partial charge >= 0.3 is 0 Å². The molecule has 0 spiro atoms. The van der Waals surface area contributed by atoms with Gasteiger partial charge < -0.3 is 9.32 Å². The van der Waals surface area contributed by atoms with Gasteiger partial charge in [-0.2, -0.15) is 5.10 Å². The summed E-state index contributed by atoms with van der Waals surface area (Å²) in [6.07, 6.45) is 6.16. The van der Waals surface area contributed by atoms with E-state index in [1.54, 1.807) is 12.3 Å². The summed E-state index contributed by atoms with van der Waals surface area (Å²) in [7, 11) is 1.88. The van der Waals surface area contributed by atoms with Crippen molar-refractivity contribution in [2.24, 2.45) is 5.92 Å². The molecule has 1 aliphatic rings. The van der Waals surface area contributed by atoms with Crippen LogP contribution in [0.2, 0.25) is 0 Å². The van der Waals surface area contributed by atoms with Crippen LogP contribution in [0, 0.1) is 5.92 Å². The van der Waals surface area contributed by atoms with Gasteiger partial charge in [0.05, 0.1) is 6.26 Å². The molecule has 0 bridgehead atoms. The van der Waals surface area contributed by atoms with E-state index in [9.17, 15) is 4.79 Å². The molecule has 3 rings (SSSR count). The highest BCUT2D eigenvalue weighted by atomic mass is 16.3. The minimum atomic E-state index is -0.0244. The largest absolute Gasteiger partial charge is 0.463 e. The zero-order chi connectivity index (χ0) is 14.8. The fourth-order valence-corrected chi connectivity index (χ4v) is 2.97. The third-order valence-electron chi connectivity index (χ3n) is 4.44. The Morgan fingerprint density at radius 2 is 2.14 bits per heavy atom. The molecular formula is C16H21N3O2. The van der Waals surface area contributed by atoms with Crippen molar-refractivity contribution in [3.8, 4) is 11.5 Å². The highest BCUT2D eigenvalue weighted by Gasteiger charge is 2.26. The standard InChI is InChI=1S/C16H21N3O2/c1-11-5-7-12(8-6-11)19(2)16(20)14-10-13(17-18-14)15-4-3-9-21-15/h3-4,9-12H,5-8H2,1-2H3,(H,17,18). The zero-order valence-electron chi connectivity index (χ0n) is 12.5. The minimum absolute atomic E-state index is 0.0244. The third-order valence-corrected chi connectivity index (χ3v) is 4.44. The number of aromatic amines is 1. The summed E-state index contributed by atoms with van der Waals surface area (Å²) in [6.45, 7) is 2.28. The number of rotatable bonds is 3. The van der Waals surface area contributed by atoms with Gasteiger partial charge in [-0.1, -0.05) is 6.92 Å². The van der Waals surface area contributed by atoms with Gasteiger partial charge in [-0.15, -0.1) is 0 Å². The summed E-state index contributed by atoms with van der Waals surface area (Å²) in [5.41, 5.74) is 1.18. The fourth-order valence-electron chi connectivity index (χ4n) is 2.97. The van der Waals surface area contributed by atoms with Crippen LogP contribution in [-0.2, 0) is 0 Å². The average molecular weight is 287 g/mol. The van der Waals surface area contributed by atoms with Crippen LogP contribution >= 0.6 is 0 Å². The molecule has 0 atom stereocenters. The second-order valence-corrected chi connectivity index (χ2v) is 5.97. The Balaban J connectivity index is 1.70. The molecule has 1 amide bonds. The van der Waals surface area contributed by atoms with Crippen LogP contribution in [0.1, 0.15) is 43.1 Å². The van der Waals surface area contributed by atoms with Gasteiger partial charge in [0.25, 0.3) is 5.91 Å². The maximum absolute atomic E-state index is 12.5. The van der Waals surface area contributed by atoms with Crippen molar-refractivity contribution in [2.45, 2.75) is 38.6 Å². The molecule has 1 N–H and O–H groups in total. The van der Waals surface area contributed by atoms with Gasteiger partial charge in [0.2, 0.25) is 0 Å².